The van der Waals surface area contributed by atoms with Gasteiger partial charge in [0, 0.05) is 6.20 Å². The molecule has 1 heterocycles. The molecule has 1 aromatic rings. The predicted molar refractivity (Wildman–Crippen MR) is 41.6 cm³/mol. The van der Waals surface area contributed by atoms with Gasteiger partial charge in [-0.3, -0.25) is 0 Å². The van der Waals surface area contributed by atoms with Gasteiger partial charge in [0.05, 0.1) is 6.10 Å². The molecule has 1 N–H and O–H groups in total. The van der Waals surface area contributed by atoms with E-state index in [9.17, 15) is 0 Å². The van der Waals surface area contributed by atoms with E-state index in [4.69, 9.17) is 5.11 Å². The van der Waals surface area contributed by atoms with Gasteiger partial charge in [-0.25, -0.2) is 9.67 Å². The molecule has 0 aliphatic carbocycles. The van der Waals surface area contributed by atoms with Crippen molar-refractivity contribution in [3.63, 3.8) is 0 Å². The van der Waals surface area contributed by atoms with E-state index < -0.39 is 0 Å². The molecule has 0 aromatic carbocycles. The Morgan fingerprint density at radius 2 is 2.55 bits per heavy atom. The molecule has 0 aliphatic heterocycles. The zero-order valence-corrected chi connectivity index (χ0v) is 6.38. The Morgan fingerprint density at radius 1 is 1.73 bits per heavy atom. The zero-order chi connectivity index (χ0) is 8.10. The highest BCUT2D eigenvalue weighted by molar-refractivity contribution is 5.19. The summed E-state index contributed by atoms with van der Waals surface area (Å²) in [6.07, 6.45) is 6.70. The van der Waals surface area contributed by atoms with Crippen molar-refractivity contribution in [2.75, 3.05) is 0 Å². The Labute approximate surface area is 65.2 Å². The van der Waals surface area contributed by atoms with Crippen LogP contribution in [0.15, 0.2) is 18.7 Å². The molecule has 0 amide bonds. The summed E-state index contributed by atoms with van der Waals surface area (Å²) >= 11 is 0. The summed E-state index contributed by atoms with van der Waals surface area (Å²) in [6, 6.07) is 0. The van der Waals surface area contributed by atoms with Gasteiger partial charge in [0.15, 0.2) is 0 Å². The van der Waals surface area contributed by atoms with Gasteiger partial charge in [0.2, 0.25) is 0 Å². The SMILES string of the molecule is CCC(O)/C=C/n1cncn1. The predicted octanol–water partition coefficient (Wildman–Crippen LogP) is 0.520. The van der Waals surface area contributed by atoms with E-state index in [2.05, 4.69) is 10.1 Å². The van der Waals surface area contributed by atoms with Gasteiger partial charge >= 0.3 is 0 Å². The molecule has 4 heteroatoms. The fourth-order valence-electron chi connectivity index (χ4n) is 0.618. The maximum atomic E-state index is 9.11. The molecule has 0 bridgehead atoms. The van der Waals surface area contributed by atoms with Crippen LogP contribution in [-0.4, -0.2) is 26.0 Å². The number of aromatic nitrogens is 3. The molecule has 11 heavy (non-hydrogen) atoms. The van der Waals surface area contributed by atoms with Gasteiger partial charge in [-0.05, 0) is 12.5 Å². The van der Waals surface area contributed by atoms with E-state index in [1.54, 1.807) is 23.3 Å². The molecule has 0 radical (unpaired) electrons. The smallest absolute Gasteiger partial charge is 0.138 e. The number of aliphatic hydroxyl groups excluding tert-OH is 1. The van der Waals surface area contributed by atoms with Crippen LogP contribution in [0.25, 0.3) is 6.20 Å². The number of hydrogen-bond donors (Lipinski definition) is 1. The normalized spacial score (nSPS) is 14.0. The molecular formula is C7H11N3O. The highest BCUT2D eigenvalue weighted by Gasteiger charge is 1.91. The molecule has 0 spiro atoms. The fourth-order valence-corrected chi connectivity index (χ4v) is 0.618. The van der Waals surface area contributed by atoms with Crippen LogP contribution in [0.3, 0.4) is 0 Å². The Morgan fingerprint density at radius 3 is 3.09 bits per heavy atom. The Hall–Kier alpha value is -1.16. The molecule has 4 nitrogen and oxygen atoms in total. The standard InChI is InChI=1S/C7H11N3O/c1-2-7(11)3-4-10-6-8-5-9-10/h3-7,11H,2H2,1H3/b4-3+. The van der Waals surface area contributed by atoms with Gasteiger partial charge in [-0.1, -0.05) is 6.92 Å². The van der Waals surface area contributed by atoms with E-state index in [0.29, 0.717) is 6.42 Å². The van der Waals surface area contributed by atoms with E-state index in [1.165, 1.54) is 6.33 Å². The lowest BCUT2D eigenvalue weighted by Gasteiger charge is -1.97. The van der Waals surface area contributed by atoms with Gasteiger partial charge < -0.3 is 5.11 Å². The van der Waals surface area contributed by atoms with Crippen molar-refractivity contribution in [2.24, 2.45) is 0 Å². The molecule has 1 unspecified atom stereocenters. The molecule has 0 fully saturated rings. The molecule has 0 aliphatic rings. The topological polar surface area (TPSA) is 50.9 Å². The van der Waals surface area contributed by atoms with E-state index in [-0.39, 0.29) is 6.10 Å². The van der Waals surface area contributed by atoms with Crippen molar-refractivity contribution >= 4 is 6.20 Å². The first-order valence-electron chi connectivity index (χ1n) is 3.53. The van der Waals surface area contributed by atoms with Crippen LogP contribution in [0.1, 0.15) is 13.3 Å². The average Bonchev–Trinajstić information content (AvgIpc) is 2.52. The summed E-state index contributed by atoms with van der Waals surface area (Å²) in [5.41, 5.74) is 0. The third kappa shape index (κ3) is 2.51. The minimum absolute atomic E-state index is 0.390. The summed E-state index contributed by atoms with van der Waals surface area (Å²) in [5.74, 6) is 0. The van der Waals surface area contributed by atoms with Crippen LogP contribution in [0.2, 0.25) is 0 Å². The van der Waals surface area contributed by atoms with Crippen LogP contribution < -0.4 is 0 Å². The number of rotatable bonds is 3. The third-order valence-corrected chi connectivity index (χ3v) is 1.32. The van der Waals surface area contributed by atoms with Crippen molar-refractivity contribution in [3.05, 3.63) is 18.7 Å². The Balaban J connectivity index is 2.48. The van der Waals surface area contributed by atoms with Gasteiger partial charge in [-0.2, -0.15) is 5.10 Å². The second-order valence-electron chi connectivity index (χ2n) is 2.19. The van der Waals surface area contributed by atoms with Crippen LogP contribution in [0, 0.1) is 0 Å². The lowest BCUT2D eigenvalue weighted by atomic mass is 10.3. The molecule has 60 valence electrons. The van der Waals surface area contributed by atoms with E-state index in [1.807, 2.05) is 6.92 Å². The summed E-state index contributed by atoms with van der Waals surface area (Å²) in [6.45, 7) is 1.91. The van der Waals surface area contributed by atoms with Crippen LogP contribution in [0.5, 0.6) is 0 Å². The van der Waals surface area contributed by atoms with E-state index >= 15 is 0 Å². The quantitative estimate of drug-likeness (QED) is 0.688. The van der Waals surface area contributed by atoms with Crippen molar-refractivity contribution < 1.29 is 5.11 Å². The number of nitrogens with zero attached hydrogens (tertiary/aromatic N) is 3. The van der Waals surface area contributed by atoms with Crippen LogP contribution in [-0.2, 0) is 0 Å². The lowest BCUT2D eigenvalue weighted by Crippen LogP contribution is -1.99. The second-order valence-corrected chi connectivity index (χ2v) is 2.19. The summed E-state index contributed by atoms with van der Waals surface area (Å²) < 4.78 is 1.54. The monoisotopic (exact) mass is 153 g/mol. The average molecular weight is 153 g/mol. The summed E-state index contributed by atoms with van der Waals surface area (Å²) in [5, 5.41) is 12.9. The van der Waals surface area contributed by atoms with Gasteiger partial charge in [-0.15, -0.1) is 0 Å². The minimum Gasteiger partial charge on any atom is -0.389 e. The third-order valence-electron chi connectivity index (χ3n) is 1.32. The molecule has 1 rings (SSSR count). The molecule has 1 aromatic heterocycles. The fraction of sp³-hybridized carbons (Fsp3) is 0.429. The largest absolute Gasteiger partial charge is 0.389 e. The Bertz CT molecular complexity index is 218. The maximum Gasteiger partial charge on any atom is 0.138 e. The first kappa shape index (κ1) is 7.94. The molecular weight excluding hydrogens is 142 g/mol. The highest BCUT2D eigenvalue weighted by atomic mass is 16.3. The van der Waals surface area contributed by atoms with Crippen molar-refractivity contribution in [2.45, 2.75) is 19.4 Å². The van der Waals surface area contributed by atoms with Crippen molar-refractivity contribution in [3.8, 4) is 0 Å². The van der Waals surface area contributed by atoms with Gasteiger partial charge in [0.25, 0.3) is 0 Å². The van der Waals surface area contributed by atoms with E-state index in [0.717, 1.165) is 0 Å². The zero-order valence-electron chi connectivity index (χ0n) is 6.38. The Kier molecular flexibility index (Phi) is 2.80. The number of aliphatic hydroxyl groups is 1. The van der Waals surface area contributed by atoms with Crippen molar-refractivity contribution in [1.29, 1.82) is 0 Å². The first-order chi connectivity index (χ1) is 5.33. The maximum absolute atomic E-state index is 9.11. The minimum atomic E-state index is -0.390. The molecule has 0 saturated carbocycles. The summed E-state index contributed by atoms with van der Waals surface area (Å²) in [4.78, 5) is 3.74. The lowest BCUT2D eigenvalue weighted by molar-refractivity contribution is 0.219. The molecule has 0 saturated heterocycles. The van der Waals surface area contributed by atoms with Gasteiger partial charge in [0.1, 0.15) is 12.7 Å². The van der Waals surface area contributed by atoms with Crippen LogP contribution >= 0.6 is 0 Å². The van der Waals surface area contributed by atoms with Crippen LogP contribution in [0.4, 0.5) is 0 Å². The second kappa shape index (κ2) is 3.88. The summed E-state index contributed by atoms with van der Waals surface area (Å²) in [7, 11) is 0. The van der Waals surface area contributed by atoms with Crippen molar-refractivity contribution in [1.82, 2.24) is 14.8 Å². The number of hydrogen-bond acceptors (Lipinski definition) is 3. The first-order valence-corrected chi connectivity index (χ1v) is 3.53. The highest BCUT2D eigenvalue weighted by Crippen LogP contribution is 1.92. The molecule has 1 atom stereocenters.